The van der Waals surface area contributed by atoms with Crippen LogP contribution in [0.2, 0.25) is 0 Å². The lowest BCUT2D eigenvalue weighted by atomic mass is 10.1. The van der Waals surface area contributed by atoms with Crippen molar-refractivity contribution in [1.82, 2.24) is 10.2 Å². The number of benzene rings is 1. The maximum Gasteiger partial charge on any atom is 0.277 e. The van der Waals surface area contributed by atoms with Gasteiger partial charge in [-0.05, 0) is 11.4 Å². The maximum absolute atomic E-state index is 11.1. The number of nitrogens with zero attached hydrogens (tertiary/aromatic N) is 3. The summed E-state index contributed by atoms with van der Waals surface area (Å²) in [5.41, 5.74) is 1.38. The van der Waals surface area contributed by atoms with Crippen LogP contribution >= 0.6 is 23.1 Å². The molecule has 3 heterocycles. The van der Waals surface area contributed by atoms with E-state index in [-0.39, 0.29) is 19.1 Å². The highest BCUT2D eigenvalue weighted by Gasteiger charge is 2.21. The van der Waals surface area contributed by atoms with E-state index in [4.69, 9.17) is 13.9 Å². The Labute approximate surface area is 149 Å². The molecular weight excluding hydrogens is 366 g/mol. The number of fused-ring (bicyclic) bond motifs is 1. The molecule has 0 radical (unpaired) electrons. The van der Waals surface area contributed by atoms with Crippen molar-refractivity contribution in [3.63, 3.8) is 0 Å². The molecule has 0 unspecified atom stereocenters. The summed E-state index contributed by atoms with van der Waals surface area (Å²) in [4.78, 5) is 11.6. The lowest BCUT2D eigenvalue weighted by Gasteiger charge is -2.20. The van der Waals surface area contributed by atoms with E-state index in [1.54, 1.807) is 0 Å². The van der Waals surface area contributed by atoms with Gasteiger partial charge in [0.25, 0.3) is 16.8 Å². The van der Waals surface area contributed by atoms with Gasteiger partial charge in [-0.25, -0.2) is 0 Å². The van der Waals surface area contributed by atoms with Gasteiger partial charge in [0, 0.05) is 29.0 Å². The van der Waals surface area contributed by atoms with Gasteiger partial charge in [0.1, 0.15) is 5.75 Å². The molecule has 0 fully saturated rings. The molecule has 1 aliphatic rings. The van der Waals surface area contributed by atoms with Gasteiger partial charge in [0.05, 0.1) is 16.4 Å². The third kappa shape index (κ3) is 3.36. The van der Waals surface area contributed by atoms with Crippen LogP contribution in [0.3, 0.4) is 0 Å². The Kier molecular flexibility index (Phi) is 4.38. The fourth-order valence-electron chi connectivity index (χ4n) is 2.40. The average Bonchev–Trinajstić information content (AvgIpc) is 3.30. The van der Waals surface area contributed by atoms with Crippen molar-refractivity contribution in [2.45, 2.75) is 17.6 Å². The average molecular weight is 377 g/mol. The molecule has 128 valence electrons. The Morgan fingerprint density at radius 2 is 2.28 bits per heavy atom. The number of thiophene rings is 1. The predicted molar refractivity (Wildman–Crippen MR) is 90.6 cm³/mol. The van der Waals surface area contributed by atoms with Gasteiger partial charge < -0.3 is 13.9 Å². The highest BCUT2D eigenvalue weighted by molar-refractivity contribution is 7.98. The molecular formula is C15H11N3O5S2. The van der Waals surface area contributed by atoms with Crippen LogP contribution in [0.4, 0.5) is 5.69 Å². The molecule has 10 heteroatoms. The topological polar surface area (TPSA) is 101 Å². The van der Waals surface area contributed by atoms with Crippen LogP contribution in [0.15, 0.2) is 39.3 Å². The van der Waals surface area contributed by atoms with E-state index < -0.39 is 4.92 Å². The molecule has 1 aliphatic heterocycles. The van der Waals surface area contributed by atoms with Gasteiger partial charge in [0.15, 0.2) is 6.79 Å². The van der Waals surface area contributed by atoms with Crippen LogP contribution in [0, 0.1) is 10.1 Å². The maximum atomic E-state index is 11.1. The van der Waals surface area contributed by atoms with Crippen molar-refractivity contribution in [3.8, 4) is 16.5 Å². The molecule has 0 saturated carbocycles. The van der Waals surface area contributed by atoms with Crippen molar-refractivity contribution in [1.29, 1.82) is 0 Å². The van der Waals surface area contributed by atoms with E-state index in [0.29, 0.717) is 33.7 Å². The van der Waals surface area contributed by atoms with Gasteiger partial charge in [-0.2, -0.15) is 0 Å². The minimum absolute atomic E-state index is 0.00764. The first kappa shape index (κ1) is 16.1. The van der Waals surface area contributed by atoms with E-state index in [1.165, 1.54) is 35.2 Å². The molecule has 0 N–H and O–H groups in total. The highest BCUT2D eigenvalue weighted by Crippen LogP contribution is 2.36. The first-order chi connectivity index (χ1) is 12.2. The van der Waals surface area contributed by atoms with Crippen molar-refractivity contribution >= 4 is 28.8 Å². The van der Waals surface area contributed by atoms with Crippen molar-refractivity contribution in [3.05, 3.63) is 50.9 Å². The summed E-state index contributed by atoms with van der Waals surface area (Å²) < 4.78 is 16.3. The minimum Gasteiger partial charge on any atom is -0.467 e. The summed E-state index contributed by atoms with van der Waals surface area (Å²) in [6.45, 7) is 0.420. The third-order valence-electron chi connectivity index (χ3n) is 3.47. The summed E-state index contributed by atoms with van der Waals surface area (Å²) >= 11 is 2.82. The van der Waals surface area contributed by atoms with E-state index in [2.05, 4.69) is 10.2 Å². The van der Waals surface area contributed by atoms with Crippen molar-refractivity contribution < 1.29 is 18.8 Å². The number of ether oxygens (including phenoxy) is 2. The van der Waals surface area contributed by atoms with Crippen LogP contribution in [0.25, 0.3) is 10.8 Å². The van der Waals surface area contributed by atoms with Crippen LogP contribution in [0.5, 0.6) is 5.75 Å². The van der Waals surface area contributed by atoms with Crippen LogP contribution in [0.1, 0.15) is 11.1 Å². The molecule has 8 nitrogen and oxygen atoms in total. The first-order valence-electron chi connectivity index (χ1n) is 7.21. The molecule has 1 aromatic carbocycles. The second kappa shape index (κ2) is 6.82. The molecule has 0 saturated heterocycles. The second-order valence-electron chi connectivity index (χ2n) is 5.10. The van der Waals surface area contributed by atoms with Crippen LogP contribution < -0.4 is 4.74 Å². The SMILES string of the molecule is O=[N+]([O-])c1cc2c(c(CSc3nnc(-c4cccs4)o3)c1)OCOC2. The van der Waals surface area contributed by atoms with Gasteiger partial charge >= 0.3 is 0 Å². The third-order valence-corrected chi connectivity index (χ3v) is 5.20. The molecule has 4 rings (SSSR count). The molecule has 2 aromatic heterocycles. The van der Waals surface area contributed by atoms with Gasteiger partial charge in [0.2, 0.25) is 0 Å². The second-order valence-corrected chi connectivity index (χ2v) is 6.97. The molecule has 0 aliphatic carbocycles. The van der Waals surface area contributed by atoms with E-state index >= 15 is 0 Å². The Morgan fingerprint density at radius 3 is 3.08 bits per heavy atom. The standard InChI is InChI=1S/C15H11N3O5S2/c19-18(20)11-4-9-6-21-8-22-13(9)10(5-11)7-25-15-17-16-14(23-15)12-2-1-3-24-12/h1-5H,6-8H2. The number of nitro groups is 1. The summed E-state index contributed by atoms with van der Waals surface area (Å²) in [6.07, 6.45) is 0. The fourth-order valence-corrected chi connectivity index (χ4v) is 3.77. The summed E-state index contributed by atoms with van der Waals surface area (Å²) in [5, 5.41) is 21.5. The number of thioether (sulfide) groups is 1. The zero-order valence-electron chi connectivity index (χ0n) is 12.7. The Balaban J connectivity index is 1.56. The first-order valence-corrected chi connectivity index (χ1v) is 9.08. The molecule has 0 spiro atoms. The van der Waals surface area contributed by atoms with E-state index in [9.17, 15) is 10.1 Å². The monoisotopic (exact) mass is 377 g/mol. The number of rotatable bonds is 5. The number of non-ortho nitro benzene ring substituents is 1. The van der Waals surface area contributed by atoms with Crippen LogP contribution in [-0.4, -0.2) is 21.9 Å². The molecule has 3 aromatic rings. The number of hydrogen-bond acceptors (Lipinski definition) is 9. The van der Waals surface area contributed by atoms with Crippen LogP contribution in [-0.2, 0) is 17.1 Å². The zero-order chi connectivity index (χ0) is 17.2. The summed E-state index contributed by atoms with van der Waals surface area (Å²) in [6, 6.07) is 6.79. The van der Waals surface area contributed by atoms with Crippen molar-refractivity contribution in [2.24, 2.45) is 0 Å². The normalized spacial score (nSPS) is 13.3. The fraction of sp³-hybridized carbons (Fsp3) is 0.200. The quantitative estimate of drug-likeness (QED) is 0.375. The molecule has 0 amide bonds. The number of nitro benzene ring substituents is 1. The van der Waals surface area contributed by atoms with E-state index in [0.717, 1.165) is 4.88 Å². The summed E-state index contributed by atoms with van der Waals surface area (Å²) in [5.74, 6) is 1.50. The number of hydrogen-bond donors (Lipinski definition) is 0. The largest absolute Gasteiger partial charge is 0.467 e. The lowest BCUT2D eigenvalue weighted by molar-refractivity contribution is -0.385. The Morgan fingerprint density at radius 1 is 1.36 bits per heavy atom. The predicted octanol–water partition coefficient (Wildman–Crippen LogP) is 3.87. The van der Waals surface area contributed by atoms with Crippen molar-refractivity contribution in [2.75, 3.05) is 6.79 Å². The molecule has 25 heavy (non-hydrogen) atoms. The van der Waals surface area contributed by atoms with Gasteiger partial charge in [-0.15, -0.1) is 21.5 Å². The Bertz CT molecular complexity index is 910. The number of aromatic nitrogens is 2. The molecule has 0 atom stereocenters. The van der Waals surface area contributed by atoms with Gasteiger partial charge in [-0.3, -0.25) is 10.1 Å². The minimum atomic E-state index is -0.426. The smallest absolute Gasteiger partial charge is 0.277 e. The zero-order valence-corrected chi connectivity index (χ0v) is 14.3. The lowest BCUT2D eigenvalue weighted by Crippen LogP contribution is -2.13. The van der Waals surface area contributed by atoms with Gasteiger partial charge in [-0.1, -0.05) is 17.8 Å². The Hall–Kier alpha value is -2.43. The van der Waals surface area contributed by atoms with E-state index in [1.807, 2.05) is 17.5 Å². The summed E-state index contributed by atoms with van der Waals surface area (Å²) in [7, 11) is 0. The highest BCUT2D eigenvalue weighted by atomic mass is 32.2. The molecule has 0 bridgehead atoms.